The van der Waals surface area contributed by atoms with Crippen molar-refractivity contribution in [2.24, 2.45) is 0 Å². The van der Waals surface area contributed by atoms with Gasteiger partial charge in [0.15, 0.2) is 28.4 Å². The molecule has 188 valence electrons. The zero-order valence-electron chi connectivity index (χ0n) is 20.7. The van der Waals surface area contributed by atoms with Gasteiger partial charge < -0.3 is 28.3 Å². The summed E-state index contributed by atoms with van der Waals surface area (Å²) in [6.07, 6.45) is 0. The van der Waals surface area contributed by atoms with E-state index in [0.29, 0.717) is 51.7 Å². The monoisotopic (exact) mass is 499 g/mol. The van der Waals surface area contributed by atoms with Crippen LogP contribution in [0.2, 0.25) is 0 Å². The molecule has 0 saturated heterocycles. The number of hydrogen-bond donors (Lipinski definition) is 0. The summed E-state index contributed by atoms with van der Waals surface area (Å²) in [7, 11) is 1.56. The topological polar surface area (TPSA) is 87.4 Å². The number of methoxy groups -OCH3 is 1. The lowest BCUT2D eigenvalue weighted by atomic mass is 9.97. The van der Waals surface area contributed by atoms with E-state index in [0.717, 1.165) is 11.1 Å². The van der Waals surface area contributed by atoms with Crippen LogP contribution in [0.1, 0.15) is 45.8 Å². The Balaban J connectivity index is 1.52. The summed E-state index contributed by atoms with van der Waals surface area (Å²) >= 11 is 0. The molecule has 0 spiro atoms. The lowest BCUT2D eigenvalue weighted by Gasteiger charge is -2.26. The van der Waals surface area contributed by atoms with Gasteiger partial charge in [-0.25, -0.2) is 0 Å². The fraction of sp³-hybridized carbons (Fsp3) is 0.241. The maximum Gasteiger partial charge on any atom is 0.291 e. The predicted molar refractivity (Wildman–Crippen MR) is 136 cm³/mol. The van der Waals surface area contributed by atoms with E-state index in [-0.39, 0.29) is 30.4 Å². The van der Waals surface area contributed by atoms with Crippen LogP contribution in [0.3, 0.4) is 0 Å². The Bertz CT molecular complexity index is 1610. The van der Waals surface area contributed by atoms with Crippen molar-refractivity contribution in [2.75, 3.05) is 20.5 Å². The Labute approximate surface area is 212 Å². The minimum atomic E-state index is -0.682. The minimum absolute atomic E-state index is 0.0555. The van der Waals surface area contributed by atoms with Crippen molar-refractivity contribution in [1.82, 2.24) is 4.90 Å². The van der Waals surface area contributed by atoms with Crippen LogP contribution in [-0.4, -0.2) is 31.3 Å². The SMILES string of the molecule is CCOc1ccc([C@@H]2c3c(oc4ccc(C)cc4c3=O)C(=O)N2Cc2ccc3c(c2)OCO3)cc1OC. The molecule has 4 aromatic rings. The highest BCUT2D eigenvalue weighted by Crippen LogP contribution is 2.42. The van der Waals surface area contributed by atoms with Crippen LogP contribution in [0.15, 0.2) is 63.8 Å². The number of fused-ring (bicyclic) bond motifs is 3. The van der Waals surface area contributed by atoms with Crippen molar-refractivity contribution in [3.05, 3.63) is 92.8 Å². The van der Waals surface area contributed by atoms with Crippen LogP contribution in [-0.2, 0) is 6.54 Å². The fourth-order valence-electron chi connectivity index (χ4n) is 5.01. The van der Waals surface area contributed by atoms with E-state index in [4.69, 9.17) is 23.4 Å². The van der Waals surface area contributed by atoms with Crippen LogP contribution in [0.25, 0.3) is 11.0 Å². The van der Waals surface area contributed by atoms with Crippen molar-refractivity contribution in [3.8, 4) is 23.0 Å². The maximum atomic E-state index is 13.8. The molecule has 0 unspecified atom stereocenters. The Morgan fingerprint density at radius 1 is 0.973 bits per heavy atom. The van der Waals surface area contributed by atoms with Crippen LogP contribution in [0, 0.1) is 6.92 Å². The summed E-state index contributed by atoms with van der Waals surface area (Å²) in [5.41, 5.74) is 2.96. The molecule has 1 amide bonds. The molecule has 2 aliphatic rings. The highest BCUT2D eigenvalue weighted by molar-refractivity contribution is 5.99. The van der Waals surface area contributed by atoms with Crippen LogP contribution < -0.4 is 24.4 Å². The Kier molecular flexibility index (Phi) is 5.52. The molecule has 3 aromatic carbocycles. The smallest absolute Gasteiger partial charge is 0.291 e. The molecule has 6 rings (SSSR count). The Morgan fingerprint density at radius 3 is 2.62 bits per heavy atom. The fourth-order valence-corrected chi connectivity index (χ4v) is 5.01. The predicted octanol–water partition coefficient (Wildman–Crippen LogP) is 4.98. The summed E-state index contributed by atoms with van der Waals surface area (Å²) in [6, 6.07) is 15.7. The van der Waals surface area contributed by atoms with E-state index in [1.54, 1.807) is 30.2 Å². The summed E-state index contributed by atoms with van der Waals surface area (Å²) in [6.45, 7) is 4.68. The van der Waals surface area contributed by atoms with E-state index in [1.165, 1.54) is 0 Å². The number of nitrogens with zero attached hydrogens (tertiary/aromatic N) is 1. The molecule has 1 atom stereocenters. The number of aryl methyl sites for hydroxylation is 1. The van der Waals surface area contributed by atoms with Gasteiger partial charge in [-0.1, -0.05) is 23.8 Å². The first-order valence-electron chi connectivity index (χ1n) is 12.1. The van der Waals surface area contributed by atoms with Gasteiger partial charge in [0.1, 0.15) is 5.58 Å². The molecule has 8 heteroatoms. The van der Waals surface area contributed by atoms with Crippen molar-refractivity contribution < 1.29 is 28.2 Å². The number of benzene rings is 3. The minimum Gasteiger partial charge on any atom is -0.493 e. The number of amides is 1. The van der Waals surface area contributed by atoms with E-state index >= 15 is 0 Å². The third kappa shape index (κ3) is 3.76. The number of carbonyl (C=O) groups excluding carboxylic acids is 1. The molecule has 0 bridgehead atoms. The van der Waals surface area contributed by atoms with E-state index < -0.39 is 6.04 Å². The quantitative estimate of drug-likeness (QED) is 0.370. The first kappa shape index (κ1) is 23.0. The second-order valence-corrected chi connectivity index (χ2v) is 9.04. The summed E-state index contributed by atoms with van der Waals surface area (Å²) < 4.78 is 28.3. The van der Waals surface area contributed by atoms with Crippen molar-refractivity contribution in [2.45, 2.75) is 26.4 Å². The molecule has 0 aliphatic carbocycles. The first-order chi connectivity index (χ1) is 18.0. The molecular weight excluding hydrogens is 474 g/mol. The molecule has 3 heterocycles. The van der Waals surface area contributed by atoms with E-state index in [2.05, 4.69) is 0 Å². The van der Waals surface area contributed by atoms with Gasteiger partial charge >= 0.3 is 0 Å². The molecule has 8 nitrogen and oxygen atoms in total. The van der Waals surface area contributed by atoms with Crippen molar-refractivity contribution in [3.63, 3.8) is 0 Å². The second-order valence-electron chi connectivity index (χ2n) is 9.04. The normalized spacial score (nSPS) is 15.8. The van der Waals surface area contributed by atoms with Gasteiger partial charge in [-0.3, -0.25) is 9.59 Å². The molecule has 37 heavy (non-hydrogen) atoms. The van der Waals surface area contributed by atoms with E-state index in [9.17, 15) is 9.59 Å². The second kappa shape index (κ2) is 8.89. The molecule has 0 fully saturated rings. The van der Waals surface area contributed by atoms with Gasteiger partial charge in [0.25, 0.3) is 5.91 Å². The zero-order valence-corrected chi connectivity index (χ0v) is 20.7. The molecule has 0 N–H and O–H groups in total. The Morgan fingerprint density at radius 2 is 1.81 bits per heavy atom. The lowest BCUT2D eigenvalue weighted by Crippen LogP contribution is -2.29. The summed E-state index contributed by atoms with van der Waals surface area (Å²) in [5, 5.41) is 0.444. The molecule has 0 saturated carbocycles. The standard InChI is InChI=1S/C29H25NO7/c1-4-34-21-10-7-18(13-23(21)33-3)26-25-27(31)19-11-16(2)5-8-20(19)37-28(25)29(32)30(26)14-17-6-9-22-24(12-17)36-15-35-22/h5-13,26H,4,14-15H2,1-3H3/t26-/m1/s1. The average molecular weight is 500 g/mol. The first-order valence-corrected chi connectivity index (χ1v) is 12.1. The zero-order chi connectivity index (χ0) is 25.7. The molecule has 2 aliphatic heterocycles. The summed E-state index contributed by atoms with van der Waals surface area (Å²) in [4.78, 5) is 29.3. The van der Waals surface area contributed by atoms with Crippen molar-refractivity contribution >= 4 is 16.9 Å². The highest BCUT2D eigenvalue weighted by Gasteiger charge is 2.43. The molecular formula is C29H25NO7. The van der Waals surface area contributed by atoms with Gasteiger partial charge in [-0.05, 0) is 61.4 Å². The van der Waals surface area contributed by atoms with Crippen LogP contribution in [0.4, 0.5) is 0 Å². The highest BCUT2D eigenvalue weighted by atomic mass is 16.7. The van der Waals surface area contributed by atoms with E-state index in [1.807, 2.05) is 50.2 Å². The molecule has 0 radical (unpaired) electrons. The number of carbonyl (C=O) groups is 1. The number of rotatable bonds is 6. The van der Waals surface area contributed by atoms with Gasteiger partial charge in [-0.2, -0.15) is 0 Å². The van der Waals surface area contributed by atoms with Gasteiger partial charge in [-0.15, -0.1) is 0 Å². The third-order valence-electron chi connectivity index (χ3n) is 6.71. The number of ether oxygens (including phenoxy) is 4. The van der Waals surface area contributed by atoms with Crippen molar-refractivity contribution in [1.29, 1.82) is 0 Å². The van der Waals surface area contributed by atoms with Crippen LogP contribution in [0.5, 0.6) is 23.0 Å². The van der Waals surface area contributed by atoms with Gasteiger partial charge in [0, 0.05) is 6.54 Å². The average Bonchev–Trinajstić information content (AvgIpc) is 3.48. The van der Waals surface area contributed by atoms with Gasteiger partial charge in [0.05, 0.1) is 30.7 Å². The maximum absolute atomic E-state index is 13.8. The Hall–Kier alpha value is -4.46. The molecule has 1 aromatic heterocycles. The lowest BCUT2D eigenvalue weighted by molar-refractivity contribution is 0.0714. The largest absolute Gasteiger partial charge is 0.493 e. The van der Waals surface area contributed by atoms with Crippen LogP contribution >= 0.6 is 0 Å². The summed E-state index contributed by atoms with van der Waals surface area (Å²) in [5.74, 6) is 2.08. The third-order valence-corrected chi connectivity index (χ3v) is 6.71. The van der Waals surface area contributed by atoms with Gasteiger partial charge in [0.2, 0.25) is 12.6 Å². The number of hydrogen-bond acceptors (Lipinski definition) is 7.